The largest absolute Gasteiger partial charge is 0.456 e. The molecule has 0 amide bonds. The number of hydrogen-bond donors (Lipinski definition) is 0. The minimum Gasteiger partial charge on any atom is -0.456 e. The highest BCUT2D eigenvalue weighted by Crippen LogP contribution is 2.54. The first kappa shape index (κ1) is 33.9. The van der Waals surface area contributed by atoms with E-state index >= 15 is 0 Å². The van der Waals surface area contributed by atoms with E-state index in [9.17, 15) is 0 Å². The van der Waals surface area contributed by atoms with Crippen molar-refractivity contribution in [3.63, 3.8) is 0 Å². The monoisotopic (exact) mass is 741 g/mol. The number of anilines is 3. The Hall–Kier alpha value is -7.42. The lowest BCUT2D eigenvalue weighted by molar-refractivity contribution is 0.662. The summed E-state index contributed by atoms with van der Waals surface area (Å²) < 4.78 is 6.80. The van der Waals surface area contributed by atoms with Gasteiger partial charge in [0, 0.05) is 22.2 Å². The number of fused-ring (bicyclic) bond motifs is 6. The van der Waals surface area contributed by atoms with Gasteiger partial charge in [-0.25, -0.2) is 0 Å². The minimum atomic E-state index is -0.409. The first-order valence-corrected chi connectivity index (χ1v) is 20.0. The van der Waals surface area contributed by atoms with E-state index in [0.717, 1.165) is 39.0 Å². The van der Waals surface area contributed by atoms with Crippen molar-refractivity contribution >= 4 is 39.0 Å². The zero-order valence-electron chi connectivity index (χ0n) is 32.1. The van der Waals surface area contributed by atoms with E-state index in [2.05, 4.69) is 230 Å². The van der Waals surface area contributed by atoms with Crippen molar-refractivity contribution in [2.24, 2.45) is 0 Å². The Labute approximate surface area is 338 Å². The minimum absolute atomic E-state index is 0.409. The molecule has 9 aromatic carbocycles. The van der Waals surface area contributed by atoms with E-state index < -0.39 is 5.41 Å². The summed E-state index contributed by atoms with van der Waals surface area (Å²) in [5.74, 6) is 0. The van der Waals surface area contributed by atoms with Crippen molar-refractivity contribution in [1.82, 2.24) is 0 Å². The van der Waals surface area contributed by atoms with Gasteiger partial charge in [0.25, 0.3) is 0 Å². The number of benzene rings is 9. The van der Waals surface area contributed by atoms with E-state index in [1.807, 2.05) is 0 Å². The maximum Gasteiger partial charge on any atom is 0.137 e. The van der Waals surface area contributed by atoms with Crippen LogP contribution in [0.4, 0.5) is 17.1 Å². The molecule has 0 fully saturated rings. The molecule has 274 valence electrons. The Morgan fingerprint density at radius 3 is 1.31 bits per heavy atom. The van der Waals surface area contributed by atoms with Crippen molar-refractivity contribution in [1.29, 1.82) is 0 Å². The zero-order valence-corrected chi connectivity index (χ0v) is 32.1. The molecule has 58 heavy (non-hydrogen) atoms. The Balaban J connectivity index is 1.11. The van der Waals surface area contributed by atoms with Crippen molar-refractivity contribution in [3.05, 3.63) is 235 Å². The van der Waals surface area contributed by atoms with Crippen LogP contribution < -0.4 is 4.90 Å². The maximum absolute atomic E-state index is 6.80. The fourth-order valence-electron chi connectivity index (χ4n) is 9.21. The second-order valence-corrected chi connectivity index (χ2v) is 15.4. The Kier molecular flexibility index (Phi) is 7.97. The summed E-state index contributed by atoms with van der Waals surface area (Å²) in [4.78, 5) is 2.42. The molecule has 10 aromatic rings. The van der Waals surface area contributed by atoms with Gasteiger partial charge >= 0.3 is 0 Å². The third-order valence-corrected chi connectivity index (χ3v) is 12.2. The number of hydrogen-bond acceptors (Lipinski definition) is 2. The van der Waals surface area contributed by atoms with Gasteiger partial charge in [0.1, 0.15) is 11.2 Å². The van der Waals surface area contributed by atoms with E-state index in [4.69, 9.17) is 4.42 Å². The van der Waals surface area contributed by atoms with Gasteiger partial charge in [-0.3, -0.25) is 0 Å². The van der Waals surface area contributed by atoms with Crippen molar-refractivity contribution < 1.29 is 4.42 Å². The molecule has 0 unspecified atom stereocenters. The number of furan rings is 1. The van der Waals surface area contributed by atoms with Crippen molar-refractivity contribution in [2.75, 3.05) is 4.90 Å². The van der Waals surface area contributed by atoms with Gasteiger partial charge in [-0.2, -0.15) is 0 Å². The van der Waals surface area contributed by atoms with Gasteiger partial charge < -0.3 is 9.32 Å². The van der Waals surface area contributed by atoms with Crippen LogP contribution in [0.3, 0.4) is 0 Å². The summed E-state index contributed by atoms with van der Waals surface area (Å²) >= 11 is 0. The van der Waals surface area contributed by atoms with Crippen LogP contribution in [-0.4, -0.2) is 0 Å². The van der Waals surface area contributed by atoms with Gasteiger partial charge in [0.15, 0.2) is 0 Å². The molecule has 1 heterocycles. The first-order chi connectivity index (χ1) is 28.6. The van der Waals surface area contributed by atoms with E-state index in [0.29, 0.717) is 0 Å². The van der Waals surface area contributed by atoms with Crippen LogP contribution in [0.15, 0.2) is 223 Å². The second-order valence-electron chi connectivity index (χ2n) is 15.4. The molecule has 1 aliphatic rings. The first-order valence-electron chi connectivity index (χ1n) is 20.0. The fourth-order valence-corrected chi connectivity index (χ4v) is 9.21. The summed E-state index contributed by atoms with van der Waals surface area (Å²) in [7, 11) is 0. The number of rotatable bonds is 7. The third-order valence-electron chi connectivity index (χ3n) is 12.2. The molecule has 0 spiro atoms. The van der Waals surface area contributed by atoms with Crippen molar-refractivity contribution in [3.8, 4) is 44.5 Å². The van der Waals surface area contributed by atoms with Crippen molar-refractivity contribution in [2.45, 2.75) is 12.3 Å². The molecule has 0 N–H and O–H groups in total. The summed E-state index contributed by atoms with van der Waals surface area (Å²) in [6.45, 7) is 2.38. The molecule has 1 aliphatic carbocycles. The highest BCUT2D eigenvalue weighted by molar-refractivity contribution is 6.14. The quantitative estimate of drug-likeness (QED) is 0.162. The standard InChI is InChI=1S/C56H39NO/c1-56(50-21-11-8-18-47(50)48-19-9-12-22-51(48)56)44-36-52(55-49-20-10-13-23-53(49)58-54(55)37-44)57(45-32-28-42(29-33-45)39-16-6-3-7-17-39)46-34-30-43(31-35-46)41-26-24-40(25-27-41)38-14-4-2-5-15-38/h2-37H,1H3. The normalized spacial score (nSPS) is 12.7. The molecular formula is C56H39NO. The van der Waals surface area contributed by atoms with Crippen LogP contribution in [0.1, 0.15) is 23.6 Å². The fraction of sp³-hybridized carbons (Fsp3) is 0.0357. The van der Waals surface area contributed by atoms with Crippen LogP contribution in [0.2, 0.25) is 0 Å². The lowest BCUT2D eigenvalue weighted by Crippen LogP contribution is -2.23. The lowest BCUT2D eigenvalue weighted by atomic mass is 9.74. The Morgan fingerprint density at radius 1 is 0.379 bits per heavy atom. The molecular weight excluding hydrogens is 703 g/mol. The van der Waals surface area contributed by atoms with Crippen LogP contribution in [0, 0.1) is 0 Å². The van der Waals surface area contributed by atoms with Gasteiger partial charge in [0.05, 0.1) is 11.1 Å². The summed E-state index contributed by atoms with van der Waals surface area (Å²) in [6.07, 6.45) is 0. The molecule has 1 aromatic heterocycles. The molecule has 0 bridgehead atoms. The highest BCUT2D eigenvalue weighted by atomic mass is 16.3. The topological polar surface area (TPSA) is 16.4 Å². The van der Waals surface area contributed by atoms with Gasteiger partial charge in [-0.15, -0.1) is 0 Å². The lowest BCUT2D eigenvalue weighted by Gasteiger charge is -2.32. The summed E-state index contributed by atoms with van der Waals surface area (Å²) in [6, 6.07) is 78.9. The van der Waals surface area contributed by atoms with Gasteiger partial charge in [0.2, 0.25) is 0 Å². The summed E-state index contributed by atoms with van der Waals surface area (Å²) in [5, 5.41) is 2.19. The van der Waals surface area contributed by atoms with Crippen LogP contribution in [0.5, 0.6) is 0 Å². The summed E-state index contributed by atoms with van der Waals surface area (Å²) in [5.41, 5.74) is 18.1. The molecule has 0 aliphatic heterocycles. The zero-order chi connectivity index (χ0) is 38.6. The van der Waals surface area contributed by atoms with Crippen LogP contribution >= 0.6 is 0 Å². The molecule has 0 saturated heterocycles. The van der Waals surface area contributed by atoms with E-state index in [1.54, 1.807) is 0 Å². The molecule has 2 nitrogen and oxygen atoms in total. The maximum atomic E-state index is 6.80. The smallest absolute Gasteiger partial charge is 0.137 e. The van der Waals surface area contributed by atoms with Gasteiger partial charge in [-0.05, 0) is 111 Å². The molecule has 2 heteroatoms. The third kappa shape index (κ3) is 5.49. The highest BCUT2D eigenvalue weighted by Gasteiger charge is 2.41. The Bertz CT molecular complexity index is 3040. The molecule has 0 atom stereocenters. The molecule has 0 saturated carbocycles. The average Bonchev–Trinajstić information content (AvgIpc) is 3.81. The number of nitrogens with zero attached hydrogens (tertiary/aromatic N) is 1. The Morgan fingerprint density at radius 2 is 0.793 bits per heavy atom. The predicted molar refractivity (Wildman–Crippen MR) is 242 cm³/mol. The SMILES string of the molecule is CC1(c2cc(N(c3ccc(-c4ccccc4)cc3)c3ccc(-c4ccc(-c5ccccc5)cc4)cc3)c3c(c2)oc2ccccc23)c2ccccc2-c2ccccc21. The van der Waals surface area contributed by atoms with Crippen LogP contribution in [0.25, 0.3) is 66.4 Å². The number of para-hydroxylation sites is 1. The van der Waals surface area contributed by atoms with Crippen LogP contribution in [-0.2, 0) is 5.41 Å². The van der Waals surface area contributed by atoms with E-state index in [-0.39, 0.29) is 0 Å². The molecule has 0 radical (unpaired) electrons. The van der Waals surface area contributed by atoms with Gasteiger partial charge in [-0.1, -0.05) is 176 Å². The second kappa shape index (κ2) is 13.7. The van der Waals surface area contributed by atoms with E-state index in [1.165, 1.54) is 61.2 Å². The average molecular weight is 742 g/mol. The predicted octanol–water partition coefficient (Wildman–Crippen LogP) is 15.4. The molecule has 11 rings (SSSR count).